The molecule has 3 heterocycles. The number of hydrogen-bond donors (Lipinski definition) is 0. The van der Waals surface area contributed by atoms with Gasteiger partial charge in [-0.1, -0.05) is 6.08 Å². The summed E-state index contributed by atoms with van der Waals surface area (Å²) in [5, 5.41) is 1.77. The predicted molar refractivity (Wildman–Crippen MR) is 87.9 cm³/mol. The maximum absolute atomic E-state index is 12.0. The van der Waals surface area contributed by atoms with Gasteiger partial charge in [0, 0.05) is 37.3 Å². The minimum atomic E-state index is -0.976. The van der Waals surface area contributed by atoms with Crippen LogP contribution in [0.4, 0.5) is 0 Å². The third kappa shape index (κ3) is 3.85. The monoisotopic (exact) mass is 335 g/mol. The third-order valence-electron chi connectivity index (χ3n) is 4.24. The van der Waals surface area contributed by atoms with Gasteiger partial charge in [-0.3, -0.25) is 4.90 Å². The quantitative estimate of drug-likeness (QED) is 0.777. The molecule has 2 aliphatic heterocycles. The highest BCUT2D eigenvalue weighted by molar-refractivity contribution is 7.85. The van der Waals surface area contributed by atoms with Crippen LogP contribution in [-0.2, 0) is 22.3 Å². The third-order valence-corrected chi connectivity index (χ3v) is 5.58. The van der Waals surface area contributed by atoms with Gasteiger partial charge in [0.05, 0.1) is 7.11 Å². The van der Waals surface area contributed by atoms with E-state index < -0.39 is 17.0 Å². The first-order valence-electron chi connectivity index (χ1n) is 7.77. The summed E-state index contributed by atoms with van der Waals surface area (Å²) in [6.45, 7) is 3.44. The first kappa shape index (κ1) is 16.3. The fourth-order valence-corrected chi connectivity index (χ4v) is 4.24. The van der Waals surface area contributed by atoms with Crippen LogP contribution >= 0.6 is 0 Å². The minimum absolute atomic E-state index is 0.321. The molecule has 0 spiro atoms. The van der Waals surface area contributed by atoms with Crippen molar-refractivity contribution < 1.29 is 13.7 Å². The van der Waals surface area contributed by atoms with Crippen LogP contribution in [0.25, 0.3) is 0 Å². The van der Waals surface area contributed by atoms with Gasteiger partial charge < -0.3 is 4.74 Å². The van der Waals surface area contributed by atoms with Crippen LogP contribution in [0.1, 0.15) is 28.9 Å². The summed E-state index contributed by atoms with van der Waals surface area (Å²) in [4.78, 5) is 18.0. The van der Waals surface area contributed by atoms with Crippen molar-refractivity contribution in [3.8, 4) is 0 Å². The molecule has 0 N–H and O–H groups in total. The number of hydrogen-bond acceptors (Lipinski definition) is 5. The molecule has 0 saturated carbocycles. The molecule has 2 aliphatic rings. The highest BCUT2D eigenvalue weighted by Crippen LogP contribution is 2.22. The number of nitrogens with zero attached hydrogens (tertiary/aromatic N) is 3. The molecule has 1 aromatic heterocycles. The molecule has 2 atom stereocenters. The van der Waals surface area contributed by atoms with Crippen LogP contribution < -0.4 is 0 Å². The van der Waals surface area contributed by atoms with Crippen molar-refractivity contribution in [2.75, 3.05) is 26.7 Å². The zero-order valence-electron chi connectivity index (χ0n) is 13.2. The number of pyridine rings is 1. The summed E-state index contributed by atoms with van der Waals surface area (Å²) in [5.74, 6) is -0.415. The number of ether oxygens (including phenoxy) is 1. The van der Waals surface area contributed by atoms with E-state index in [-0.39, 0.29) is 0 Å². The number of piperidine rings is 1. The zero-order valence-corrected chi connectivity index (χ0v) is 14.0. The first-order chi connectivity index (χ1) is 11.2. The molecule has 2 unspecified atom stereocenters. The maximum atomic E-state index is 12.0. The Labute approximate surface area is 138 Å². The van der Waals surface area contributed by atoms with Crippen LogP contribution in [0, 0.1) is 0 Å². The summed E-state index contributed by atoms with van der Waals surface area (Å²) < 4.78 is 18.7. The Morgan fingerprint density at radius 1 is 1.52 bits per heavy atom. The Kier molecular flexibility index (Phi) is 5.20. The Balaban J connectivity index is 1.63. The predicted octanol–water partition coefficient (Wildman–Crippen LogP) is 1.33. The van der Waals surface area contributed by atoms with E-state index in [1.54, 1.807) is 17.7 Å². The summed E-state index contributed by atoms with van der Waals surface area (Å²) in [5.41, 5.74) is 1.38. The fourth-order valence-electron chi connectivity index (χ4n) is 3.13. The molecule has 124 valence electrons. The molecule has 0 aliphatic carbocycles. The lowest BCUT2D eigenvalue weighted by molar-refractivity contribution is 0.0593. The highest BCUT2D eigenvalue weighted by Gasteiger charge is 2.29. The van der Waals surface area contributed by atoms with Crippen LogP contribution in [0.15, 0.2) is 29.8 Å². The maximum Gasteiger partial charge on any atom is 0.356 e. The van der Waals surface area contributed by atoms with E-state index in [2.05, 4.69) is 14.2 Å². The van der Waals surface area contributed by atoms with Crippen LogP contribution in [-0.4, -0.2) is 57.2 Å². The Hall–Kier alpha value is -1.57. The molecule has 0 bridgehead atoms. The van der Waals surface area contributed by atoms with Gasteiger partial charge in [0.25, 0.3) is 0 Å². The zero-order chi connectivity index (χ0) is 16.2. The standard InChI is InChI=1S/C16H21N3O3S/c1-22-16(20)15-10-13(5-6-17-15)11-18-7-2-4-14(12-18)19-8-3-9-23(19)21/h3,5-6,9-10,14H,2,4,7-8,11-12H2,1H3. The van der Waals surface area contributed by atoms with Crippen molar-refractivity contribution in [2.24, 2.45) is 0 Å². The second kappa shape index (κ2) is 7.33. The number of carbonyl (C=O) groups is 1. The van der Waals surface area contributed by atoms with Gasteiger partial charge in [-0.15, -0.1) is 0 Å². The molecular formula is C16H21N3O3S. The summed E-state index contributed by atoms with van der Waals surface area (Å²) >= 11 is 0. The van der Waals surface area contributed by atoms with Gasteiger partial charge in [0.2, 0.25) is 0 Å². The Morgan fingerprint density at radius 3 is 3.13 bits per heavy atom. The second-order valence-corrected chi connectivity index (χ2v) is 7.11. The molecule has 0 aromatic carbocycles. The van der Waals surface area contributed by atoms with E-state index in [4.69, 9.17) is 4.74 Å². The normalized spacial score (nSPS) is 25.6. The molecule has 0 radical (unpaired) electrons. The minimum Gasteiger partial charge on any atom is -0.464 e. The van der Waals surface area contributed by atoms with E-state index in [1.165, 1.54) is 7.11 Å². The van der Waals surface area contributed by atoms with Crippen molar-refractivity contribution in [3.05, 3.63) is 41.1 Å². The SMILES string of the molecule is COC(=O)c1cc(CN2CCCC(N3CC=CS3=O)C2)ccn1. The molecule has 3 rings (SSSR count). The largest absolute Gasteiger partial charge is 0.464 e. The van der Waals surface area contributed by atoms with Crippen molar-refractivity contribution in [1.29, 1.82) is 0 Å². The number of methoxy groups -OCH3 is 1. The molecule has 1 fully saturated rings. The van der Waals surface area contributed by atoms with Crippen LogP contribution in [0.3, 0.4) is 0 Å². The lowest BCUT2D eigenvalue weighted by Crippen LogP contribution is -2.46. The number of carbonyl (C=O) groups excluding carboxylic acids is 1. The molecule has 6 nitrogen and oxygen atoms in total. The van der Waals surface area contributed by atoms with Gasteiger partial charge in [0.15, 0.2) is 0 Å². The number of aromatic nitrogens is 1. The van der Waals surface area contributed by atoms with Gasteiger partial charge >= 0.3 is 5.97 Å². The van der Waals surface area contributed by atoms with Gasteiger partial charge in [-0.05, 0) is 37.1 Å². The van der Waals surface area contributed by atoms with Crippen LogP contribution in [0.5, 0.6) is 0 Å². The molecular weight excluding hydrogens is 314 g/mol. The van der Waals surface area contributed by atoms with E-state index in [0.29, 0.717) is 11.7 Å². The average Bonchev–Trinajstić information content (AvgIpc) is 3.00. The van der Waals surface area contributed by atoms with Gasteiger partial charge in [-0.25, -0.2) is 18.3 Å². The Bertz CT molecular complexity index is 635. The molecule has 1 saturated heterocycles. The number of rotatable bonds is 4. The summed E-state index contributed by atoms with van der Waals surface area (Å²) in [7, 11) is 0.381. The van der Waals surface area contributed by atoms with E-state index in [9.17, 15) is 9.00 Å². The lowest BCUT2D eigenvalue weighted by Gasteiger charge is -2.36. The topological polar surface area (TPSA) is 62.7 Å². The lowest BCUT2D eigenvalue weighted by atomic mass is 10.0. The molecule has 23 heavy (non-hydrogen) atoms. The van der Waals surface area contributed by atoms with Gasteiger partial charge in [-0.2, -0.15) is 0 Å². The average molecular weight is 335 g/mol. The van der Waals surface area contributed by atoms with Crippen molar-refractivity contribution in [1.82, 2.24) is 14.2 Å². The first-order valence-corrected chi connectivity index (χ1v) is 8.94. The van der Waals surface area contributed by atoms with E-state index >= 15 is 0 Å². The molecule has 1 aromatic rings. The smallest absolute Gasteiger partial charge is 0.356 e. The number of likely N-dealkylation sites (tertiary alicyclic amines) is 1. The summed E-state index contributed by atoms with van der Waals surface area (Å²) in [6.07, 6.45) is 5.78. The van der Waals surface area contributed by atoms with E-state index in [0.717, 1.165) is 44.6 Å². The second-order valence-electron chi connectivity index (χ2n) is 5.82. The molecule has 7 heteroatoms. The van der Waals surface area contributed by atoms with Crippen LogP contribution in [0.2, 0.25) is 0 Å². The molecule has 0 amide bonds. The number of esters is 1. The van der Waals surface area contributed by atoms with Gasteiger partial charge in [0.1, 0.15) is 16.7 Å². The van der Waals surface area contributed by atoms with Crippen molar-refractivity contribution in [3.63, 3.8) is 0 Å². The van der Waals surface area contributed by atoms with E-state index in [1.807, 2.05) is 12.1 Å². The Morgan fingerprint density at radius 2 is 2.39 bits per heavy atom. The fraction of sp³-hybridized carbons (Fsp3) is 0.500. The van der Waals surface area contributed by atoms with Crippen molar-refractivity contribution in [2.45, 2.75) is 25.4 Å². The summed E-state index contributed by atoms with van der Waals surface area (Å²) in [6, 6.07) is 4.03. The van der Waals surface area contributed by atoms with Crippen molar-refractivity contribution >= 4 is 17.0 Å². The highest BCUT2D eigenvalue weighted by atomic mass is 32.2.